The van der Waals surface area contributed by atoms with E-state index >= 15 is 0 Å². The van der Waals surface area contributed by atoms with Gasteiger partial charge in [0.05, 0.1) is 25.9 Å². The molecular weight excluding hydrogens is 388 g/mol. The van der Waals surface area contributed by atoms with Gasteiger partial charge in [0.2, 0.25) is 0 Å². The van der Waals surface area contributed by atoms with Crippen LogP contribution in [-0.2, 0) is 4.74 Å². The number of rotatable bonds is 8. The number of nitrogens with one attached hydrogen (secondary N) is 1. The quantitative estimate of drug-likeness (QED) is 0.701. The maximum absolute atomic E-state index is 12.7. The summed E-state index contributed by atoms with van der Waals surface area (Å²) in [5.41, 5.74) is 1.63. The van der Waals surface area contributed by atoms with Gasteiger partial charge in [-0.05, 0) is 41.8 Å². The molecule has 1 fully saturated rings. The second kappa shape index (κ2) is 10.6. The lowest BCUT2D eigenvalue weighted by Crippen LogP contribution is -2.44. The van der Waals surface area contributed by atoms with Crippen LogP contribution < -0.4 is 10.1 Å². The highest BCUT2D eigenvalue weighted by molar-refractivity contribution is 6.31. The number of hydrogen-bond donors (Lipinski definition) is 1. The molecule has 0 radical (unpaired) electrons. The predicted molar refractivity (Wildman–Crippen MR) is 116 cm³/mol. The Balaban J connectivity index is 1.65. The lowest BCUT2D eigenvalue weighted by atomic mass is 10.0. The monoisotopic (exact) mass is 416 g/mol. The molecule has 3 rings (SSSR count). The average Bonchev–Trinajstić information content (AvgIpc) is 2.74. The molecule has 156 valence electrons. The summed E-state index contributed by atoms with van der Waals surface area (Å²) >= 11 is 6.46. The summed E-state index contributed by atoms with van der Waals surface area (Å²) in [6.07, 6.45) is 0. The normalized spacial score (nSPS) is 15.9. The van der Waals surface area contributed by atoms with Crippen LogP contribution in [0.15, 0.2) is 48.5 Å². The SMILES string of the molecule is CC(C)COc1ccc(C(=O)NC[C@H](c2ccccc2Cl)N2CCOCC2)cc1. The Kier molecular flexibility index (Phi) is 7.92. The van der Waals surface area contributed by atoms with Crippen LogP contribution in [0.3, 0.4) is 0 Å². The predicted octanol–water partition coefficient (Wildman–Crippen LogP) is 4.18. The van der Waals surface area contributed by atoms with Crippen LogP contribution in [0.2, 0.25) is 5.02 Å². The molecule has 5 nitrogen and oxygen atoms in total. The van der Waals surface area contributed by atoms with E-state index in [1.54, 1.807) is 12.1 Å². The van der Waals surface area contributed by atoms with Gasteiger partial charge in [-0.2, -0.15) is 0 Å². The molecule has 6 heteroatoms. The fraction of sp³-hybridized carbons (Fsp3) is 0.435. The van der Waals surface area contributed by atoms with Crippen LogP contribution in [0.1, 0.15) is 35.8 Å². The van der Waals surface area contributed by atoms with Crippen molar-refractivity contribution < 1.29 is 14.3 Å². The molecule has 1 saturated heterocycles. The van der Waals surface area contributed by atoms with Crippen LogP contribution in [0.5, 0.6) is 5.75 Å². The van der Waals surface area contributed by atoms with Crippen molar-refractivity contribution in [3.8, 4) is 5.75 Å². The van der Waals surface area contributed by atoms with Gasteiger partial charge in [-0.3, -0.25) is 9.69 Å². The van der Waals surface area contributed by atoms with Crippen molar-refractivity contribution in [1.29, 1.82) is 0 Å². The number of carbonyl (C=O) groups is 1. The Labute approximate surface area is 177 Å². The van der Waals surface area contributed by atoms with Crippen LogP contribution in [0.4, 0.5) is 0 Å². The van der Waals surface area contributed by atoms with Crippen molar-refractivity contribution in [1.82, 2.24) is 10.2 Å². The zero-order chi connectivity index (χ0) is 20.6. The van der Waals surface area contributed by atoms with Gasteiger partial charge in [0.1, 0.15) is 5.75 Å². The van der Waals surface area contributed by atoms with Crippen molar-refractivity contribution in [2.75, 3.05) is 39.5 Å². The number of ether oxygens (including phenoxy) is 2. The zero-order valence-electron chi connectivity index (χ0n) is 17.1. The number of benzene rings is 2. The van der Waals surface area contributed by atoms with E-state index in [9.17, 15) is 4.79 Å². The number of hydrogen-bond acceptors (Lipinski definition) is 4. The highest BCUT2D eigenvalue weighted by Crippen LogP contribution is 2.28. The topological polar surface area (TPSA) is 50.8 Å². The van der Waals surface area contributed by atoms with Gasteiger partial charge in [0, 0.05) is 30.2 Å². The zero-order valence-corrected chi connectivity index (χ0v) is 17.8. The van der Waals surface area contributed by atoms with Gasteiger partial charge in [-0.1, -0.05) is 43.6 Å². The molecule has 1 amide bonds. The first-order valence-corrected chi connectivity index (χ1v) is 10.5. The Morgan fingerprint density at radius 1 is 1.14 bits per heavy atom. The van der Waals surface area contributed by atoms with Crippen molar-refractivity contribution in [3.63, 3.8) is 0 Å². The Bertz CT molecular complexity index is 789. The van der Waals surface area contributed by atoms with E-state index in [4.69, 9.17) is 21.1 Å². The molecular formula is C23H29ClN2O3. The van der Waals surface area contributed by atoms with Gasteiger partial charge >= 0.3 is 0 Å². The number of carbonyl (C=O) groups excluding carboxylic acids is 1. The molecule has 1 atom stereocenters. The van der Waals surface area contributed by atoms with Crippen molar-refractivity contribution >= 4 is 17.5 Å². The highest BCUT2D eigenvalue weighted by atomic mass is 35.5. The Morgan fingerprint density at radius 3 is 2.48 bits per heavy atom. The average molecular weight is 417 g/mol. The van der Waals surface area contributed by atoms with Crippen molar-refractivity contribution in [2.24, 2.45) is 5.92 Å². The maximum Gasteiger partial charge on any atom is 0.251 e. The number of halogens is 1. The fourth-order valence-electron chi connectivity index (χ4n) is 3.33. The van der Waals surface area contributed by atoms with Crippen LogP contribution in [0.25, 0.3) is 0 Å². The Hall–Kier alpha value is -2.08. The molecule has 2 aromatic carbocycles. The fourth-order valence-corrected chi connectivity index (χ4v) is 3.59. The summed E-state index contributed by atoms with van der Waals surface area (Å²) in [4.78, 5) is 15.0. The summed E-state index contributed by atoms with van der Waals surface area (Å²) in [6, 6.07) is 15.1. The molecule has 2 aromatic rings. The molecule has 1 aliphatic heterocycles. The van der Waals surface area contributed by atoms with E-state index in [1.807, 2.05) is 36.4 Å². The minimum atomic E-state index is -0.106. The molecule has 0 bridgehead atoms. The summed E-state index contributed by atoms with van der Waals surface area (Å²) < 4.78 is 11.2. The molecule has 29 heavy (non-hydrogen) atoms. The third-order valence-electron chi connectivity index (χ3n) is 4.91. The first kappa shape index (κ1) is 21.6. The molecule has 0 aliphatic carbocycles. The standard InChI is InChI=1S/C23H29ClN2O3/c1-17(2)16-29-19-9-7-18(8-10-19)23(27)25-15-22(26-11-13-28-14-12-26)20-5-3-4-6-21(20)24/h3-10,17,22H,11-16H2,1-2H3,(H,25,27)/t22-/m1/s1. The van der Waals surface area contributed by atoms with Crippen LogP contribution in [-0.4, -0.2) is 50.3 Å². The summed E-state index contributed by atoms with van der Waals surface area (Å²) in [5.74, 6) is 1.13. The Morgan fingerprint density at radius 2 is 1.83 bits per heavy atom. The molecule has 0 unspecified atom stereocenters. The number of nitrogens with zero attached hydrogens (tertiary/aromatic N) is 1. The molecule has 0 spiro atoms. The van der Waals surface area contributed by atoms with Crippen molar-refractivity contribution in [3.05, 3.63) is 64.7 Å². The lowest BCUT2D eigenvalue weighted by Gasteiger charge is -2.35. The first-order valence-electron chi connectivity index (χ1n) is 10.1. The second-order valence-corrected chi connectivity index (χ2v) is 8.03. The second-order valence-electron chi connectivity index (χ2n) is 7.62. The summed E-state index contributed by atoms with van der Waals surface area (Å²) in [6.45, 7) is 8.34. The van der Waals surface area contributed by atoms with Gasteiger partial charge in [-0.15, -0.1) is 0 Å². The minimum Gasteiger partial charge on any atom is -0.493 e. The number of amides is 1. The lowest BCUT2D eigenvalue weighted by molar-refractivity contribution is 0.0162. The summed E-state index contributed by atoms with van der Waals surface area (Å²) in [7, 11) is 0. The maximum atomic E-state index is 12.7. The third-order valence-corrected chi connectivity index (χ3v) is 5.25. The van der Waals surface area contributed by atoms with E-state index in [2.05, 4.69) is 24.1 Å². The highest BCUT2D eigenvalue weighted by Gasteiger charge is 2.25. The van der Waals surface area contributed by atoms with Gasteiger partial charge in [-0.25, -0.2) is 0 Å². The number of morpholine rings is 1. The molecule has 1 aliphatic rings. The third kappa shape index (κ3) is 6.20. The van der Waals surface area contributed by atoms with E-state index < -0.39 is 0 Å². The van der Waals surface area contributed by atoms with E-state index in [-0.39, 0.29) is 11.9 Å². The largest absolute Gasteiger partial charge is 0.493 e. The van der Waals surface area contributed by atoms with Crippen LogP contribution >= 0.6 is 11.6 Å². The summed E-state index contributed by atoms with van der Waals surface area (Å²) in [5, 5.41) is 3.78. The minimum absolute atomic E-state index is 0.00481. The van der Waals surface area contributed by atoms with Crippen molar-refractivity contribution in [2.45, 2.75) is 19.9 Å². The van der Waals surface area contributed by atoms with Gasteiger partial charge < -0.3 is 14.8 Å². The van der Waals surface area contributed by atoms with Crippen LogP contribution in [0, 0.1) is 5.92 Å². The van der Waals surface area contributed by atoms with E-state index in [0.717, 1.165) is 24.4 Å². The van der Waals surface area contributed by atoms with E-state index in [1.165, 1.54) is 0 Å². The van der Waals surface area contributed by atoms with Gasteiger partial charge in [0.15, 0.2) is 0 Å². The van der Waals surface area contributed by atoms with E-state index in [0.29, 0.717) is 42.9 Å². The molecule has 1 N–H and O–H groups in total. The van der Waals surface area contributed by atoms with Gasteiger partial charge in [0.25, 0.3) is 5.91 Å². The first-order chi connectivity index (χ1) is 14.0. The molecule has 1 heterocycles. The molecule has 0 aromatic heterocycles. The smallest absolute Gasteiger partial charge is 0.251 e. The molecule has 0 saturated carbocycles.